The largest absolute Gasteiger partial charge is 0.309 e. The lowest BCUT2D eigenvalue weighted by Crippen LogP contribution is -1.95. The second-order valence-electron chi connectivity index (χ2n) is 12.9. The van der Waals surface area contributed by atoms with Crippen molar-refractivity contribution in [2.45, 2.75) is 0 Å². The second kappa shape index (κ2) is 9.57. The zero-order valence-electron chi connectivity index (χ0n) is 26.1. The van der Waals surface area contributed by atoms with Crippen LogP contribution in [0, 0.1) is 0 Å². The summed E-state index contributed by atoms with van der Waals surface area (Å²) in [5.41, 5.74) is 14.9. The zero-order chi connectivity index (χ0) is 31.3. The Balaban J connectivity index is 1.18. The molecule has 0 radical (unpaired) electrons. The highest BCUT2D eigenvalue weighted by Crippen LogP contribution is 2.47. The molecule has 2 nitrogen and oxygen atoms in total. The number of para-hydroxylation sites is 3. The van der Waals surface area contributed by atoms with E-state index in [4.69, 9.17) is 0 Å². The summed E-state index contributed by atoms with van der Waals surface area (Å²) in [4.78, 5) is 0. The molecule has 222 valence electrons. The van der Waals surface area contributed by atoms with Gasteiger partial charge in [0.1, 0.15) is 0 Å². The summed E-state index contributed by atoms with van der Waals surface area (Å²) >= 11 is 0. The van der Waals surface area contributed by atoms with E-state index < -0.39 is 0 Å². The Morgan fingerprint density at radius 3 is 1.69 bits per heavy atom. The number of hydrogen-bond donors (Lipinski definition) is 0. The van der Waals surface area contributed by atoms with Crippen molar-refractivity contribution in [2.24, 2.45) is 0 Å². The molecule has 2 heteroatoms. The van der Waals surface area contributed by atoms with E-state index in [9.17, 15) is 0 Å². The SMILES string of the molecule is c1ccc(-n2c3ccc(-c4ccc5c(c4)c4cccc6c4n5-c4ccccc4-c4ccccc4-6)cc3c3ccc4ccccc4c32)cc1. The van der Waals surface area contributed by atoms with Gasteiger partial charge >= 0.3 is 0 Å². The highest BCUT2D eigenvalue weighted by atomic mass is 15.0. The van der Waals surface area contributed by atoms with Crippen molar-refractivity contribution >= 4 is 54.4 Å². The molecular weight excluding hydrogens is 581 g/mol. The molecule has 2 aromatic heterocycles. The maximum absolute atomic E-state index is 2.49. The third-order valence-corrected chi connectivity index (χ3v) is 10.4. The monoisotopic (exact) mass is 608 g/mol. The molecule has 10 aromatic rings. The van der Waals surface area contributed by atoms with Gasteiger partial charge in [0.2, 0.25) is 0 Å². The molecule has 48 heavy (non-hydrogen) atoms. The van der Waals surface area contributed by atoms with E-state index in [1.165, 1.54) is 99.1 Å². The van der Waals surface area contributed by atoms with Crippen LogP contribution in [0.25, 0.3) is 99.1 Å². The standard InChI is InChI=1S/C46H28N2/c1-2-12-32(13-3-1)47-43-25-22-30(28-41(43)39-24-21-29-11-4-5-14-33(29)45(39)47)31-23-26-44-40(27-31)38-19-10-18-37-35-16-7-6-15-34(35)36-17-8-9-20-42(36)48(44)46(37)38/h1-28H. The molecule has 0 saturated heterocycles. The molecule has 0 aliphatic carbocycles. The molecule has 0 spiro atoms. The molecule has 8 aromatic carbocycles. The third-order valence-electron chi connectivity index (χ3n) is 10.4. The third kappa shape index (κ3) is 3.41. The van der Waals surface area contributed by atoms with Crippen molar-refractivity contribution < 1.29 is 0 Å². The van der Waals surface area contributed by atoms with Gasteiger partial charge in [-0.3, -0.25) is 0 Å². The van der Waals surface area contributed by atoms with Gasteiger partial charge in [-0.1, -0.05) is 127 Å². The first-order valence-electron chi connectivity index (χ1n) is 16.6. The number of hydrogen-bond acceptors (Lipinski definition) is 0. The molecule has 0 atom stereocenters. The highest BCUT2D eigenvalue weighted by Gasteiger charge is 2.24. The van der Waals surface area contributed by atoms with Crippen LogP contribution < -0.4 is 0 Å². The average molecular weight is 609 g/mol. The van der Waals surface area contributed by atoms with Crippen molar-refractivity contribution in [1.82, 2.24) is 9.13 Å². The van der Waals surface area contributed by atoms with Crippen molar-refractivity contribution in [3.63, 3.8) is 0 Å². The van der Waals surface area contributed by atoms with Gasteiger partial charge in [-0.15, -0.1) is 0 Å². The zero-order valence-corrected chi connectivity index (χ0v) is 26.1. The van der Waals surface area contributed by atoms with E-state index in [1.54, 1.807) is 0 Å². The van der Waals surface area contributed by atoms with Crippen LogP contribution >= 0.6 is 0 Å². The van der Waals surface area contributed by atoms with Gasteiger partial charge in [0.15, 0.2) is 0 Å². The lowest BCUT2D eigenvalue weighted by atomic mass is 9.93. The van der Waals surface area contributed by atoms with Crippen LogP contribution in [0.1, 0.15) is 0 Å². The molecule has 0 amide bonds. The van der Waals surface area contributed by atoms with Crippen molar-refractivity contribution in [2.75, 3.05) is 0 Å². The first-order valence-corrected chi connectivity index (χ1v) is 16.6. The van der Waals surface area contributed by atoms with Crippen LogP contribution in [0.15, 0.2) is 170 Å². The van der Waals surface area contributed by atoms with Crippen LogP contribution in [0.2, 0.25) is 0 Å². The Hall–Kier alpha value is -6.38. The van der Waals surface area contributed by atoms with Crippen LogP contribution in [-0.4, -0.2) is 9.13 Å². The summed E-state index contributed by atoms with van der Waals surface area (Å²) in [5.74, 6) is 0. The molecular formula is C46H28N2. The first kappa shape index (κ1) is 25.8. The summed E-state index contributed by atoms with van der Waals surface area (Å²) in [5, 5.41) is 7.62. The van der Waals surface area contributed by atoms with Crippen LogP contribution in [0.3, 0.4) is 0 Å². The summed E-state index contributed by atoms with van der Waals surface area (Å²) in [6.45, 7) is 0. The quantitative estimate of drug-likeness (QED) is 0.185. The summed E-state index contributed by atoms with van der Waals surface area (Å²) < 4.78 is 4.92. The van der Waals surface area contributed by atoms with E-state index in [1.807, 2.05) is 0 Å². The molecule has 0 bridgehead atoms. The fourth-order valence-corrected chi connectivity index (χ4v) is 8.37. The lowest BCUT2D eigenvalue weighted by molar-refractivity contribution is 1.19. The number of nitrogens with zero attached hydrogens (tertiary/aromatic N) is 2. The number of fused-ring (bicyclic) bond motifs is 13. The molecule has 11 rings (SSSR count). The predicted molar refractivity (Wildman–Crippen MR) is 202 cm³/mol. The summed E-state index contributed by atoms with van der Waals surface area (Å²) in [6, 6.07) is 62.5. The van der Waals surface area contributed by atoms with E-state index >= 15 is 0 Å². The minimum absolute atomic E-state index is 1.18. The Labute approximate surface area is 277 Å². The smallest absolute Gasteiger partial charge is 0.0619 e. The number of benzene rings is 8. The van der Waals surface area contributed by atoms with E-state index in [-0.39, 0.29) is 0 Å². The highest BCUT2D eigenvalue weighted by molar-refractivity contribution is 6.20. The van der Waals surface area contributed by atoms with Gasteiger partial charge in [0.25, 0.3) is 0 Å². The molecule has 0 unspecified atom stereocenters. The fraction of sp³-hybridized carbons (Fsp3) is 0. The van der Waals surface area contributed by atoms with Gasteiger partial charge in [-0.2, -0.15) is 0 Å². The minimum Gasteiger partial charge on any atom is -0.309 e. The Bertz CT molecular complexity index is 2940. The number of rotatable bonds is 2. The lowest BCUT2D eigenvalue weighted by Gasteiger charge is -2.12. The number of aromatic nitrogens is 2. The Kier molecular flexibility index (Phi) is 5.14. The van der Waals surface area contributed by atoms with Crippen LogP contribution in [0.4, 0.5) is 0 Å². The molecule has 1 aliphatic heterocycles. The molecule has 3 heterocycles. The van der Waals surface area contributed by atoms with Gasteiger partial charge in [-0.05, 0) is 70.1 Å². The molecule has 0 saturated carbocycles. The Morgan fingerprint density at radius 1 is 0.312 bits per heavy atom. The van der Waals surface area contributed by atoms with Crippen molar-refractivity contribution in [1.29, 1.82) is 0 Å². The van der Waals surface area contributed by atoms with Gasteiger partial charge in [-0.25, -0.2) is 0 Å². The van der Waals surface area contributed by atoms with Crippen LogP contribution in [0.5, 0.6) is 0 Å². The van der Waals surface area contributed by atoms with Crippen molar-refractivity contribution in [3.05, 3.63) is 170 Å². The maximum Gasteiger partial charge on any atom is 0.0619 e. The van der Waals surface area contributed by atoms with E-state index in [2.05, 4.69) is 179 Å². The van der Waals surface area contributed by atoms with Gasteiger partial charge in [0, 0.05) is 43.7 Å². The predicted octanol–water partition coefficient (Wildman–Crippen LogP) is 12.3. The first-order chi connectivity index (χ1) is 23.8. The topological polar surface area (TPSA) is 9.86 Å². The normalized spacial score (nSPS) is 12.2. The van der Waals surface area contributed by atoms with Gasteiger partial charge < -0.3 is 9.13 Å². The maximum atomic E-state index is 2.49. The van der Waals surface area contributed by atoms with E-state index in [0.29, 0.717) is 0 Å². The molecule has 1 aliphatic rings. The Morgan fingerprint density at radius 2 is 0.896 bits per heavy atom. The van der Waals surface area contributed by atoms with Crippen LogP contribution in [-0.2, 0) is 0 Å². The molecule has 0 fully saturated rings. The molecule has 0 N–H and O–H groups in total. The van der Waals surface area contributed by atoms with E-state index in [0.717, 1.165) is 0 Å². The average Bonchev–Trinajstić information content (AvgIpc) is 3.63. The second-order valence-corrected chi connectivity index (χ2v) is 12.9. The summed E-state index contributed by atoms with van der Waals surface area (Å²) in [6.07, 6.45) is 0. The van der Waals surface area contributed by atoms with Crippen molar-refractivity contribution in [3.8, 4) is 44.8 Å². The summed E-state index contributed by atoms with van der Waals surface area (Å²) in [7, 11) is 0. The fourth-order valence-electron chi connectivity index (χ4n) is 8.37. The minimum atomic E-state index is 1.18. The van der Waals surface area contributed by atoms with Gasteiger partial charge in [0.05, 0.1) is 27.8 Å².